The van der Waals surface area contributed by atoms with E-state index in [0.29, 0.717) is 31.3 Å². The summed E-state index contributed by atoms with van der Waals surface area (Å²) in [5.41, 5.74) is 2.76. The zero-order valence-electron chi connectivity index (χ0n) is 15.1. The number of hydrogen-bond acceptors (Lipinski definition) is 4. The maximum Gasteiger partial charge on any atom is 0.242 e. The zero-order valence-corrected chi connectivity index (χ0v) is 16.6. The fourth-order valence-electron chi connectivity index (χ4n) is 2.43. The molecule has 1 N–H and O–H groups in total. The summed E-state index contributed by atoms with van der Waals surface area (Å²) < 4.78 is 13.8. The molecule has 2 rings (SSSR count). The molecule has 7 heteroatoms. The molecule has 1 heterocycles. The van der Waals surface area contributed by atoms with Gasteiger partial charge >= 0.3 is 0 Å². The second kappa shape index (κ2) is 8.89. The van der Waals surface area contributed by atoms with E-state index < -0.39 is 0 Å². The predicted octanol–water partition coefficient (Wildman–Crippen LogP) is 3.38. The molecule has 0 saturated heterocycles. The highest BCUT2D eigenvalue weighted by Gasteiger charge is 2.12. The average molecular weight is 410 g/mol. The Hall–Kier alpha value is -2.02. The molecule has 0 aliphatic heterocycles. The van der Waals surface area contributed by atoms with Crippen molar-refractivity contribution < 1.29 is 14.3 Å². The van der Waals surface area contributed by atoms with E-state index in [2.05, 4.69) is 26.3 Å². The Morgan fingerprint density at radius 3 is 2.48 bits per heavy atom. The van der Waals surface area contributed by atoms with Crippen molar-refractivity contribution in [1.29, 1.82) is 0 Å². The van der Waals surface area contributed by atoms with Crippen molar-refractivity contribution in [2.75, 3.05) is 13.2 Å². The van der Waals surface area contributed by atoms with E-state index >= 15 is 0 Å². The lowest BCUT2D eigenvalue weighted by atomic mass is 10.2. The third-order valence-corrected chi connectivity index (χ3v) is 4.83. The maximum atomic E-state index is 12.2. The van der Waals surface area contributed by atoms with Crippen LogP contribution in [0, 0.1) is 13.8 Å². The number of rotatable bonds is 8. The molecule has 0 aliphatic rings. The van der Waals surface area contributed by atoms with E-state index in [1.807, 2.05) is 45.9 Å². The standard InChI is InChI=1S/C18H24BrN3O3/c1-5-24-15-8-7-14(9-16(15)25-6-2)10-20-17(23)11-22-13(4)18(19)12(3)21-22/h7-9H,5-6,10-11H2,1-4H3,(H,20,23). The number of nitrogens with zero attached hydrogens (tertiary/aromatic N) is 2. The van der Waals surface area contributed by atoms with Crippen LogP contribution in [0.1, 0.15) is 30.8 Å². The molecule has 136 valence electrons. The van der Waals surface area contributed by atoms with Crippen molar-refractivity contribution >= 4 is 21.8 Å². The van der Waals surface area contributed by atoms with Crippen LogP contribution in [0.4, 0.5) is 0 Å². The fraction of sp³-hybridized carbons (Fsp3) is 0.444. The summed E-state index contributed by atoms with van der Waals surface area (Å²) >= 11 is 3.47. The number of aryl methyl sites for hydroxylation is 1. The largest absolute Gasteiger partial charge is 0.490 e. The van der Waals surface area contributed by atoms with E-state index in [1.165, 1.54) is 0 Å². The lowest BCUT2D eigenvalue weighted by Crippen LogP contribution is -2.28. The highest BCUT2D eigenvalue weighted by Crippen LogP contribution is 2.28. The first-order chi connectivity index (χ1) is 12.0. The van der Waals surface area contributed by atoms with Gasteiger partial charge in [0.15, 0.2) is 11.5 Å². The molecular formula is C18H24BrN3O3. The van der Waals surface area contributed by atoms with Crippen LogP contribution < -0.4 is 14.8 Å². The number of halogens is 1. The molecule has 25 heavy (non-hydrogen) atoms. The zero-order chi connectivity index (χ0) is 18.4. The lowest BCUT2D eigenvalue weighted by molar-refractivity contribution is -0.122. The molecule has 0 aliphatic carbocycles. The Labute approximate surface area is 156 Å². The van der Waals surface area contributed by atoms with Gasteiger partial charge in [-0.2, -0.15) is 5.10 Å². The Balaban J connectivity index is 1.99. The van der Waals surface area contributed by atoms with Crippen molar-refractivity contribution in [2.45, 2.75) is 40.8 Å². The number of benzene rings is 1. The van der Waals surface area contributed by atoms with Gasteiger partial charge in [0.05, 0.1) is 29.1 Å². The molecule has 0 radical (unpaired) electrons. The van der Waals surface area contributed by atoms with Crippen LogP contribution in [-0.2, 0) is 17.9 Å². The van der Waals surface area contributed by atoms with Crippen LogP contribution in [0.2, 0.25) is 0 Å². The van der Waals surface area contributed by atoms with E-state index in [9.17, 15) is 4.79 Å². The Morgan fingerprint density at radius 1 is 1.20 bits per heavy atom. The molecule has 0 unspecified atom stereocenters. The molecule has 0 saturated carbocycles. The number of hydrogen-bond donors (Lipinski definition) is 1. The summed E-state index contributed by atoms with van der Waals surface area (Å²) in [4.78, 5) is 12.2. The first-order valence-electron chi connectivity index (χ1n) is 8.31. The second-order valence-corrected chi connectivity index (χ2v) is 6.36. The van der Waals surface area contributed by atoms with Gasteiger partial charge in [-0.25, -0.2) is 0 Å². The smallest absolute Gasteiger partial charge is 0.242 e. The topological polar surface area (TPSA) is 65.4 Å². The monoisotopic (exact) mass is 409 g/mol. The number of carbonyl (C=O) groups is 1. The third kappa shape index (κ3) is 4.98. The summed E-state index contributed by atoms with van der Waals surface area (Å²) in [6.45, 7) is 9.44. The molecule has 1 aromatic carbocycles. The van der Waals surface area contributed by atoms with Crippen LogP contribution >= 0.6 is 15.9 Å². The first kappa shape index (κ1) is 19.3. The van der Waals surface area contributed by atoms with Gasteiger partial charge in [-0.1, -0.05) is 6.07 Å². The minimum atomic E-state index is -0.0926. The van der Waals surface area contributed by atoms with Gasteiger partial charge in [0, 0.05) is 6.54 Å². The van der Waals surface area contributed by atoms with Crippen LogP contribution in [0.3, 0.4) is 0 Å². The van der Waals surface area contributed by atoms with Crippen molar-refractivity contribution in [3.8, 4) is 11.5 Å². The van der Waals surface area contributed by atoms with Crippen LogP contribution in [0.5, 0.6) is 11.5 Å². The normalized spacial score (nSPS) is 10.6. The Morgan fingerprint density at radius 2 is 1.88 bits per heavy atom. The van der Waals surface area contributed by atoms with Crippen LogP contribution in [0.15, 0.2) is 22.7 Å². The molecule has 6 nitrogen and oxygen atoms in total. The minimum Gasteiger partial charge on any atom is -0.490 e. The van der Waals surface area contributed by atoms with E-state index in [4.69, 9.17) is 9.47 Å². The van der Waals surface area contributed by atoms with Crippen LogP contribution in [0.25, 0.3) is 0 Å². The SMILES string of the molecule is CCOc1ccc(CNC(=O)Cn2nc(C)c(Br)c2C)cc1OCC. The molecule has 1 amide bonds. The predicted molar refractivity (Wildman–Crippen MR) is 100 cm³/mol. The quantitative estimate of drug-likeness (QED) is 0.725. The molecule has 1 aromatic heterocycles. The summed E-state index contributed by atoms with van der Waals surface area (Å²) in [6, 6.07) is 5.69. The average Bonchev–Trinajstić information content (AvgIpc) is 2.82. The summed E-state index contributed by atoms with van der Waals surface area (Å²) in [6.07, 6.45) is 0. The van der Waals surface area contributed by atoms with Gasteiger partial charge in [0.1, 0.15) is 6.54 Å². The second-order valence-electron chi connectivity index (χ2n) is 5.57. The van der Waals surface area contributed by atoms with Crippen molar-refractivity contribution in [2.24, 2.45) is 0 Å². The number of aromatic nitrogens is 2. The third-order valence-electron chi connectivity index (χ3n) is 3.68. The highest BCUT2D eigenvalue weighted by molar-refractivity contribution is 9.10. The van der Waals surface area contributed by atoms with Gasteiger partial charge in [-0.15, -0.1) is 0 Å². The number of amides is 1. The Kier molecular flexibility index (Phi) is 6.87. The van der Waals surface area contributed by atoms with Gasteiger partial charge in [-0.05, 0) is 61.3 Å². The lowest BCUT2D eigenvalue weighted by Gasteiger charge is -2.13. The summed E-state index contributed by atoms with van der Waals surface area (Å²) in [5.74, 6) is 1.32. The van der Waals surface area contributed by atoms with E-state index in [-0.39, 0.29) is 12.5 Å². The molecule has 2 aromatic rings. The number of carbonyl (C=O) groups excluding carboxylic acids is 1. The maximum absolute atomic E-state index is 12.2. The molecule has 0 fully saturated rings. The summed E-state index contributed by atoms with van der Waals surface area (Å²) in [7, 11) is 0. The molecular weight excluding hydrogens is 386 g/mol. The van der Waals surface area contributed by atoms with Gasteiger partial charge in [0.2, 0.25) is 5.91 Å². The van der Waals surface area contributed by atoms with E-state index in [1.54, 1.807) is 4.68 Å². The molecule has 0 bridgehead atoms. The van der Waals surface area contributed by atoms with Gasteiger partial charge in [0.25, 0.3) is 0 Å². The number of ether oxygens (including phenoxy) is 2. The number of nitrogens with one attached hydrogen (secondary N) is 1. The minimum absolute atomic E-state index is 0.0926. The molecule has 0 atom stereocenters. The van der Waals surface area contributed by atoms with Gasteiger partial charge < -0.3 is 14.8 Å². The fourth-order valence-corrected chi connectivity index (χ4v) is 2.71. The molecule has 0 spiro atoms. The highest BCUT2D eigenvalue weighted by atomic mass is 79.9. The van der Waals surface area contributed by atoms with E-state index in [0.717, 1.165) is 21.4 Å². The first-order valence-corrected chi connectivity index (χ1v) is 9.10. The van der Waals surface area contributed by atoms with Gasteiger partial charge in [-0.3, -0.25) is 9.48 Å². The Bertz CT molecular complexity index is 743. The van der Waals surface area contributed by atoms with Crippen molar-refractivity contribution in [1.82, 2.24) is 15.1 Å². The van der Waals surface area contributed by atoms with Crippen molar-refractivity contribution in [3.05, 3.63) is 39.6 Å². The van der Waals surface area contributed by atoms with Crippen molar-refractivity contribution in [3.63, 3.8) is 0 Å². The van der Waals surface area contributed by atoms with Crippen LogP contribution in [-0.4, -0.2) is 28.9 Å². The summed E-state index contributed by atoms with van der Waals surface area (Å²) in [5, 5.41) is 7.26.